The fourth-order valence-corrected chi connectivity index (χ4v) is 4.31. The molecule has 2 heterocycles. The Morgan fingerprint density at radius 3 is 2.90 bits per heavy atom. The van der Waals surface area contributed by atoms with Crippen molar-refractivity contribution in [3.05, 3.63) is 29.8 Å². The smallest absolute Gasteiger partial charge is 0.309 e. The Labute approximate surface area is 127 Å². The van der Waals surface area contributed by atoms with Crippen LogP contribution in [-0.4, -0.2) is 43.0 Å². The summed E-state index contributed by atoms with van der Waals surface area (Å²) in [7, 11) is 0. The molecular formula is C15H19F3N2S. The Morgan fingerprint density at radius 1 is 1.29 bits per heavy atom. The molecule has 2 aliphatic heterocycles. The summed E-state index contributed by atoms with van der Waals surface area (Å²) in [6.45, 7) is 1.13. The highest BCUT2D eigenvalue weighted by molar-refractivity contribution is 7.99. The second kappa shape index (κ2) is 6.18. The third-order valence-electron chi connectivity index (χ3n) is 4.13. The number of thioether (sulfide) groups is 1. The standard InChI is InChI=1S/C15H19F3N2S/c16-15(17,18)10-20-6-5-11(8-20)7-19-13-9-21-14-4-2-1-3-12(13)14/h1-4,11,13,19H,5-10H2. The van der Waals surface area contributed by atoms with Crippen LogP contribution in [0.4, 0.5) is 13.2 Å². The van der Waals surface area contributed by atoms with E-state index in [1.165, 1.54) is 15.4 Å². The maximum absolute atomic E-state index is 12.4. The average Bonchev–Trinajstić information content (AvgIpc) is 3.01. The van der Waals surface area contributed by atoms with Crippen LogP contribution in [0.3, 0.4) is 0 Å². The summed E-state index contributed by atoms with van der Waals surface area (Å²) >= 11 is 1.85. The largest absolute Gasteiger partial charge is 0.401 e. The number of alkyl halides is 3. The van der Waals surface area contributed by atoms with Gasteiger partial charge in [0.25, 0.3) is 0 Å². The van der Waals surface area contributed by atoms with E-state index in [1.807, 2.05) is 23.9 Å². The highest BCUT2D eigenvalue weighted by Crippen LogP contribution is 2.37. The lowest BCUT2D eigenvalue weighted by Gasteiger charge is -2.19. The Morgan fingerprint density at radius 2 is 2.10 bits per heavy atom. The van der Waals surface area contributed by atoms with Gasteiger partial charge >= 0.3 is 6.18 Å². The molecule has 0 saturated carbocycles. The number of likely N-dealkylation sites (tertiary alicyclic amines) is 1. The second-order valence-corrected chi connectivity index (χ2v) is 6.88. The molecular weight excluding hydrogens is 297 g/mol. The number of hydrogen-bond acceptors (Lipinski definition) is 3. The lowest BCUT2D eigenvalue weighted by Crippen LogP contribution is -2.34. The van der Waals surface area contributed by atoms with Crippen molar-refractivity contribution < 1.29 is 13.2 Å². The zero-order chi connectivity index (χ0) is 14.9. The van der Waals surface area contributed by atoms with Gasteiger partial charge in [-0.3, -0.25) is 4.90 Å². The van der Waals surface area contributed by atoms with Crippen molar-refractivity contribution in [3.8, 4) is 0 Å². The van der Waals surface area contributed by atoms with Gasteiger partial charge in [0.05, 0.1) is 6.54 Å². The molecule has 0 aromatic heterocycles. The summed E-state index contributed by atoms with van der Waals surface area (Å²) in [5, 5.41) is 3.53. The molecule has 0 bridgehead atoms. The molecule has 2 atom stereocenters. The van der Waals surface area contributed by atoms with Crippen LogP contribution in [0.25, 0.3) is 0 Å². The first-order valence-electron chi connectivity index (χ1n) is 7.25. The molecule has 0 spiro atoms. The molecule has 0 aliphatic carbocycles. The van der Waals surface area contributed by atoms with E-state index in [0.717, 1.165) is 18.7 Å². The van der Waals surface area contributed by atoms with E-state index in [9.17, 15) is 13.2 Å². The van der Waals surface area contributed by atoms with Gasteiger partial charge in [-0.15, -0.1) is 11.8 Å². The normalized spacial score (nSPS) is 26.2. The Balaban J connectivity index is 1.47. The lowest BCUT2D eigenvalue weighted by atomic mass is 10.1. The van der Waals surface area contributed by atoms with E-state index in [4.69, 9.17) is 0 Å². The summed E-state index contributed by atoms with van der Waals surface area (Å²) in [5.41, 5.74) is 1.33. The fourth-order valence-electron chi connectivity index (χ4n) is 3.12. The van der Waals surface area contributed by atoms with Gasteiger partial charge in [-0.1, -0.05) is 18.2 Å². The summed E-state index contributed by atoms with van der Waals surface area (Å²) in [4.78, 5) is 2.84. The molecule has 1 fully saturated rings. The molecule has 6 heteroatoms. The van der Waals surface area contributed by atoms with Gasteiger partial charge in [0, 0.05) is 23.2 Å². The Kier molecular flexibility index (Phi) is 4.47. The monoisotopic (exact) mass is 316 g/mol. The second-order valence-electron chi connectivity index (χ2n) is 5.81. The minimum Gasteiger partial charge on any atom is -0.309 e. The highest BCUT2D eigenvalue weighted by atomic mass is 32.2. The molecule has 2 unspecified atom stereocenters. The van der Waals surface area contributed by atoms with Gasteiger partial charge in [-0.05, 0) is 37.1 Å². The number of hydrogen-bond donors (Lipinski definition) is 1. The van der Waals surface area contributed by atoms with E-state index in [1.54, 1.807) is 0 Å². The van der Waals surface area contributed by atoms with Gasteiger partial charge in [-0.25, -0.2) is 0 Å². The van der Waals surface area contributed by atoms with Crippen LogP contribution in [0.15, 0.2) is 29.2 Å². The summed E-state index contributed by atoms with van der Waals surface area (Å²) < 4.78 is 37.1. The zero-order valence-electron chi connectivity index (χ0n) is 11.7. The van der Waals surface area contributed by atoms with E-state index in [2.05, 4.69) is 17.4 Å². The molecule has 2 aliphatic rings. The average molecular weight is 316 g/mol. The fraction of sp³-hybridized carbons (Fsp3) is 0.600. The quantitative estimate of drug-likeness (QED) is 0.917. The molecule has 1 N–H and O–H groups in total. The van der Waals surface area contributed by atoms with Crippen molar-refractivity contribution in [1.82, 2.24) is 10.2 Å². The number of rotatable bonds is 4. The summed E-state index contributed by atoms with van der Waals surface area (Å²) in [6, 6.07) is 8.68. The van der Waals surface area contributed by atoms with Crippen molar-refractivity contribution in [1.29, 1.82) is 0 Å². The molecule has 1 aromatic rings. The van der Waals surface area contributed by atoms with Gasteiger partial charge in [-0.2, -0.15) is 13.2 Å². The molecule has 0 amide bonds. The van der Waals surface area contributed by atoms with Crippen molar-refractivity contribution >= 4 is 11.8 Å². The van der Waals surface area contributed by atoms with Crippen molar-refractivity contribution in [2.75, 3.05) is 31.9 Å². The predicted molar refractivity (Wildman–Crippen MR) is 78.5 cm³/mol. The lowest BCUT2D eigenvalue weighted by molar-refractivity contribution is -0.143. The van der Waals surface area contributed by atoms with Crippen molar-refractivity contribution in [2.45, 2.75) is 23.5 Å². The topological polar surface area (TPSA) is 15.3 Å². The third-order valence-corrected chi connectivity index (χ3v) is 5.31. The van der Waals surface area contributed by atoms with E-state index >= 15 is 0 Å². The maximum atomic E-state index is 12.4. The molecule has 21 heavy (non-hydrogen) atoms. The van der Waals surface area contributed by atoms with E-state index < -0.39 is 12.7 Å². The molecule has 1 aromatic carbocycles. The summed E-state index contributed by atoms with van der Waals surface area (Å²) in [6.07, 6.45) is -3.23. The van der Waals surface area contributed by atoms with Crippen LogP contribution in [0.2, 0.25) is 0 Å². The Bertz CT molecular complexity index is 492. The van der Waals surface area contributed by atoms with Crippen LogP contribution in [-0.2, 0) is 0 Å². The number of fused-ring (bicyclic) bond motifs is 1. The van der Waals surface area contributed by atoms with Gasteiger partial charge in [0.2, 0.25) is 0 Å². The first-order valence-corrected chi connectivity index (χ1v) is 8.24. The van der Waals surface area contributed by atoms with Crippen molar-refractivity contribution in [3.63, 3.8) is 0 Å². The summed E-state index contributed by atoms with van der Waals surface area (Å²) in [5.74, 6) is 1.34. The van der Waals surface area contributed by atoms with Crippen LogP contribution in [0.1, 0.15) is 18.0 Å². The van der Waals surface area contributed by atoms with E-state index in [-0.39, 0.29) is 0 Å². The minimum atomic E-state index is -4.08. The van der Waals surface area contributed by atoms with Gasteiger partial charge in [0.15, 0.2) is 0 Å². The molecule has 116 valence electrons. The minimum absolute atomic E-state index is 0.324. The molecule has 3 rings (SSSR count). The van der Waals surface area contributed by atoms with Gasteiger partial charge in [0.1, 0.15) is 0 Å². The van der Waals surface area contributed by atoms with Crippen LogP contribution < -0.4 is 5.32 Å². The van der Waals surface area contributed by atoms with E-state index in [0.29, 0.717) is 25.0 Å². The molecule has 2 nitrogen and oxygen atoms in total. The number of nitrogens with one attached hydrogen (secondary N) is 1. The van der Waals surface area contributed by atoms with Crippen molar-refractivity contribution in [2.24, 2.45) is 5.92 Å². The predicted octanol–water partition coefficient (Wildman–Crippen LogP) is 3.31. The van der Waals surface area contributed by atoms with Crippen LogP contribution in [0.5, 0.6) is 0 Å². The highest BCUT2D eigenvalue weighted by Gasteiger charge is 2.34. The number of halogens is 3. The zero-order valence-corrected chi connectivity index (χ0v) is 12.5. The first-order chi connectivity index (χ1) is 10.0. The Hall–Kier alpha value is -0.720. The number of benzene rings is 1. The molecule has 1 saturated heterocycles. The van der Waals surface area contributed by atoms with Gasteiger partial charge < -0.3 is 5.32 Å². The molecule has 0 radical (unpaired) electrons. The SMILES string of the molecule is FC(F)(F)CN1CCC(CNC2CSc3ccccc32)C1. The first kappa shape index (κ1) is 15.2. The number of nitrogens with zero attached hydrogens (tertiary/aromatic N) is 1. The maximum Gasteiger partial charge on any atom is 0.401 e. The van der Waals surface area contributed by atoms with Crippen LogP contribution in [0, 0.1) is 5.92 Å². The third kappa shape index (κ3) is 3.93. The van der Waals surface area contributed by atoms with Crippen LogP contribution >= 0.6 is 11.8 Å².